The summed E-state index contributed by atoms with van der Waals surface area (Å²) in [6.07, 6.45) is 2.39. The van der Waals surface area contributed by atoms with Crippen molar-refractivity contribution in [2.75, 3.05) is 26.2 Å². The van der Waals surface area contributed by atoms with Crippen molar-refractivity contribution in [2.45, 2.75) is 38.3 Å². The Bertz CT molecular complexity index is 487. The van der Waals surface area contributed by atoms with Crippen LogP contribution in [0.2, 0.25) is 5.02 Å². The number of carbonyl (C=O) groups excluding carboxylic acids is 1. The maximum absolute atomic E-state index is 11.9. The van der Waals surface area contributed by atoms with Gasteiger partial charge in [-0.2, -0.15) is 0 Å². The number of nitrogens with zero attached hydrogens (tertiary/aromatic N) is 1. The maximum Gasteiger partial charge on any atom is 0.315 e. The van der Waals surface area contributed by atoms with E-state index in [0.717, 1.165) is 38.0 Å². The first kappa shape index (κ1) is 18.0. The van der Waals surface area contributed by atoms with Crippen LogP contribution in [-0.4, -0.2) is 48.3 Å². The van der Waals surface area contributed by atoms with Gasteiger partial charge in [0.15, 0.2) is 0 Å². The summed E-state index contributed by atoms with van der Waals surface area (Å²) in [5.41, 5.74) is 0.738. The Labute approximate surface area is 143 Å². The summed E-state index contributed by atoms with van der Waals surface area (Å²) in [6, 6.07) is 6.98. The third-order valence-electron chi connectivity index (χ3n) is 4.17. The van der Waals surface area contributed by atoms with Gasteiger partial charge in [0.25, 0.3) is 0 Å². The van der Waals surface area contributed by atoms with E-state index in [1.54, 1.807) is 24.3 Å². The highest BCUT2D eigenvalue weighted by molar-refractivity contribution is 6.30. The van der Waals surface area contributed by atoms with E-state index >= 15 is 0 Å². The summed E-state index contributed by atoms with van der Waals surface area (Å²) < 4.78 is 0. The number of carbonyl (C=O) groups is 1. The second-order valence-electron chi connectivity index (χ2n) is 6.04. The summed E-state index contributed by atoms with van der Waals surface area (Å²) in [5, 5.41) is 16.4. The lowest BCUT2D eigenvalue weighted by molar-refractivity contribution is 0.168. The number of aliphatic hydroxyl groups excluding tert-OH is 1. The molecule has 1 aromatic carbocycles. The number of benzene rings is 1. The summed E-state index contributed by atoms with van der Waals surface area (Å²) >= 11 is 5.82. The molecule has 3 N–H and O–H groups in total. The zero-order valence-corrected chi connectivity index (χ0v) is 14.4. The van der Waals surface area contributed by atoms with E-state index in [9.17, 15) is 9.90 Å². The number of urea groups is 1. The first-order chi connectivity index (χ1) is 11.1. The number of nitrogens with one attached hydrogen (secondary N) is 2. The summed E-state index contributed by atoms with van der Waals surface area (Å²) in [5.74, 6) is 0. The smallest absolute Gasteiger partial charge is 0.315 e. The molecule has 0 saturated carbocycles. The summed E-state index contributed by atoms with van der Waals surface area (Å²) in [6.45, 7) is 5.57. The van der Waals surface area contributed by atoms with E-state index in [1.165, 1.54) is 6.42 Å². The molecule has 1 unspecified atom stereocenters. The second kappa shape index (κ2) is 9.11. The molecule has 1 atom stereocenters. The lowest BCUT2D eigenvalue weighted by Crippen LogP contribution is -2.48. The van der Waals surface area contributed by atoms with Crippen molar-refractivity contribution in [2.24, 2.45) is 0 Å². The fraction of sp³-hybridized carbons (Fsp3) is 0.588. The Morgan fingerprint density at radius 1 is 1.35 bits per heavy atom. The molecule has 0 bridgehead atoms. The van der Waals surface area contributed by atoms with E-state index in [0.29, 0.717) is 5.02 Å². The molecule has 0 aliphatic carbocycles. The van der Waals surface area contributed by atoms with E-state index in [-0.39, 0.29) is 18.6 Å². The van der Waals surface area contributed by atoms with Gasteiger partial charge >= 0.3 is 6.03 Å². The van der Waals surface area contributed by atoms with Gasteiger partial charge in [-0.1, -0.05) is 30.7 Å². The van der Waals surface area contributed by atoms with Gasteiger partial charge in [-0.15, -0.1) is 0 Å². The Hall–Kier alpha value is -1.30. The minimum atomic E-state index is -0.732. The van der Waals surface area contributed by atoms with Gasteiger partial charge in [0.05, 0.1) is 6.10 Å². The number of hydrogen-bond acceptors (Lipinski definition) is 3. The van der Waals surface area contributed by atoms with Crippen molar-refractivity contribution in [1.82, 2.24) is 15.5 Å². The molecule has 2 rings (SSSR count). The first-order valence-electron chi connectivity index (χ1n) is 8.28. The normalized spacial score (nSPS) is 17.7. The fourth-order valence-electron chi connectivity index (χ4n) is 2.85. The van der Waals surface area contributed by atoms with Gasteiger partial charge < -0.3 is 20.6 Å². The zero-order valence-electron chi connectivity index (χ0n) is 13.6. The van der Waals surface area contributed by atoms with Crippen molar-refractivity contribution >= 4 is 17.6 Å². The first-order valence-corrected chi connectivity index (χ1v) is 8.66. The molecule has 128 valence electrons. The molecule has 0 aromatic heterocycles. The number of halogens is 1. The Balaban J connectivity index is 1.68. The van der Waals surface area contributed by atoms with E-state index in [1.807, 2.05) is 0 Å². The quantitative estimate of drug-likeness (QED) is 0.746. The molecule has 1 aliphatic rings. The van der Waals surface area contributed by atoms with Crippen LogP contribution in [0.1, 0.15) is 37.9 Å². The molecule has 1 heterocycles. The largest absolute Gasteiger partial charge is 0.387 e. The summed E-state index contributed by atoms with van der Waals surface area (Å²) in [7, 11) is 0. The minimum Gasteiger partial charge on any atom is -0.387 e. The molecule has 5 nitrogen and oxygen atoms in total. The van der Waals surface area contributed by atoms with Crippen molar-refractivity contribution < 1.29 is 9.90 Å². The molecule has 23 heavy (non-hydrogen) atoms. The van der Waals surface area contributed by atoms with Crippen LogP contribution in [0.4, 0.5) is 4.79 Å². The highest BCUT2D eigenvalue weighted by atomic mass is 35.5. The third-order valence-corrected chi connectivity index (χ3v) is 4.43. The molecule has 6 heteroatoms. The van der Waals surface area contributed by atoms with Crippen LogP contribution < -0.4 is 10.6 Å². The van der Waals surface area contributed by atoms with Crippen LogP contribution in [0, 0.1) is 0 Å². The van der Waals surface area contributed by atoms with Gasteiger partial charge in [0, 0.05) is 30.7 Å². The van der Waals surface area contributed by atoms with Crippen LogP contribution >= 0.6 is 11.6 Å². The Morgan fingerprint density at radius 2 is 2.00 bits per heavy atom. The molecule has 1 saturated heterocycles. The Kier molecular flexibility index (Phi) is 7.15. The van der Waals surface area contributed by atoms with Crippen LogP contribution in [0.3, 0.4) is 0 Å². The maximum atomic E-state index is 11.9. The molecule has 2 amide bonds. The minimum absolute atomic E-state index is 0.183. The molecule has 1 fully saturated rings. The number of hydrogen-bond donors (Lipinski definition) is 3. The molecule has 0 radical (unpaired) electrons. The van der Waals surface area contributed by atoms with Crippen LogP contribution in [0.25, 0.3) is 0 Å². The van der Waals surface area contributed by atoms with Crippen molar-refractivity contribution in [1.29, 1.82) is 0 Å². The predicted molar refractivity (Wildman–Crippen MR) is 92.7 cm³/mol. The standard InChI is InChI=1S/C17H26ClN3O2/c1-2-9-21-10-7-15(8-11-21)20-17(23)19-12-16(22)13-3-5-14(18)6-4-13/h3-6,15-16,22H,2,7-12H2,1H3,(H2,19,20,23). The topological polar surface area (TPSA) is 64.6 Å². The highest BCUT2D eigenvalue weighted by Crippen LogP contribution is 2.15. The molecular formula is C17H26ClN3O2. The fourth-order valence-corrected chi connectivity index (χ4v) is 2.97. The van der Waals surface area contributed by atoms with Gasteiger partial charge in [-0.25, -0.2) is 4.79 Å². The predicted octanol–water partition coefficient (Wildman–Crippen LogP) is 2.55. The lowest BCUT2D eigenvalue weighted by Gasteiger charge is -2.32. The number of likely N-dealkylation sites (tertiary alicyclic amines) is 1. The van der Waals surface area contributed by atoms with Gasteiger partial charge in [-0.05, 0) is 43.5 Å². The highest BCUT2D eigenvalue weighted by Gasteiger charge is 2.20. The van der Waals surface area contributed by atoms with Crippen LogP contribution in [0.15, 0.2) is 24.3 Å². The van der Waals surface area contributed by atoms with E-state index in [2.05, 4.69) is 22.5 Å². The molecule has 1 aromatic rings. The average molecular weight is 340 g/mol. The van der Waals surface area contributed by atoms with E-state index < -0.39 is 6.10 Å². The zero-order chi connectivity index (χ0) is 16.7. The SMILES string of the molecule is CCCN1CCC(NC(=O)NCC(O)c2ccc(Cl)cc2)CC1. The molecular weight excluding hydrogens is 314 g/mol. The summed E-state index contributed by atoms with van der Waals surface area (Å²) in [4.78, 5) is 14.4. The number of aliphatic hydroxyl groups is 1. The Morgan fingerprint density at radius 3 is 2.61 bits per heavy atom. The van der Waals surface area contributed by atoms with Crippen molar-refractivity contribution in [3.8, 4) is 0 Å². The van der Waals surface area contributed by atoms with Crippen LogP contribution in [0.5, 0.6) is 0 Å². The number of rotatable bonds is 6. The number of piperidine rings is 1. The lowest BCUT2D eigenvalue weighted by atomic mass is 10.1. The van der Waals surface area contributed by atoms with Crippen molar-refractivity contribution in [3.05, 3.63) is 34.9 Å². The van der Waals surface area contributed by atoms with Gasteiger partial charge in [0.1, 0.15) is 0 Å². The van der Waals surface area contributed by atoms with Crippen LogP contribution in [-0.2, 0) is 0 Å². The number of amides is 2. The molecule has 0 spiro atoms. The van der Waals surface area contributed by atoms with E-state index in [4.69, 9.17) is 11.6 Å². The average Bonchev–Trinajstić information content (AvgIpc) is 2.55. The second-order valence-corrected chi connectivity index (χ2v) is 6.47. The van der Waals surface area contributed by atoms with Gasteiger partial charge in [-0.3, -0.25) is 0 Å². The monoisotopic (exact) mass is 339 g/mol. The van der Waals surface area contributed by atoms with Crippen molar-refractivity contribution in [3.63, 3.8) is 0 Å². The third kappa shape index (κ3) is 6.01. The molecule has 1 aliphatic heterocycles. The van der Waals surface area contributed by atoms with Gasteiger partial charge in [0.2, 0.25) is 0 Å².